The van der Waals surface area contributed by atoms with Crippen LogP contribution < -0.4 is 0 Å². The van der Waals surface area contributed by atoms with Crippen LogP contribution in [-0.4, -0.2) is 40.2 Å². The van der Waals surface area contributed by atoms with E-state index in [1.54, 1.807) is 0 Å². The Balaban J connectivity index is 1.85. The summed E-state index contributed by atoms with van der Waals surface area (Å²) < 4.78 is 25.7. The molecule has 0 aromatic rings. The van der Waals surface area contributed by atoms with Gasteiger partial charge >= 0.3 is 0 Å². The summed E-state index contributed by atoms with van der Waals surface area (Å²) in [5, 5.41) is 10.3. The number of hydrogen-bond donors (Lipinski definition) is 1. The third kappa shape index (κ3) is 2.97. The van der Waals surface area contributed by atoms with Crippen molar-refractivity contribution in [3.8, 4) is 0 Å². The average Bonchev–Trinajstić information content (AvgIpc) is 2.71. The van der Waals surface area contributed by atoms with Crippen molar-refractivity contribution in [2.75, 3.05) is 13.1 Å². The summed E-state index contributed by atoms with van der Waals surface area (Å²) in [6, 6.07) is 0. The molecule has 1 saturated heterocycles. The number of nitrogens with zero attached hydrogens (tertiary/aromatic N) is 1. The molecule has 1 atom stereocenters. The summed E-state index contributed by atoms with van der Waals surface area (Å²) in [4.78, 5) is 2.31. The molecule has 100 valence electrons. The zero-order chi connectivity index (χ0) is 12.9. The van der Waals surface area contributed by atoms with Gasteiger partial charge in [0.05, 0.1) is 5.60 Å². The molecule has 0 amide bonds. The van der Waals surface area contributed by atoms with Gasteiger partial charge in [0.1, 0.15) is 0 Å². The molecule has 2 fully saturated rings. The van der Waals surface area contributed by atoms with Crippen LogP contribution in [0, 0.1) is 5.92 Å². The molecular formula is C13H23F2NO. The van der Waals surface area contributed by atoms with Crippen LogP contribution in [0.3, 0.4) is 0 Å². The fourth-order valence-electron chi connectivity index (χ4n) is 2.75. The van der Waals surface area contributed by atoms with Gasteiger partial charge in [-0.15, -0.1) is 0 Å². The molecule has 4 heteroatoms. The van der Waals surface area contributed by atoms with E-state index in [9.17, 15) is 13.9 Å². The van der Waals surface area contributed by atoms with Gasteiger partial charge in [-0.2, -0.15) is 0 Å². The smallest absolute Gasteiger partial charge is 0.251 e. The van der Waals surface area contributed by atoms with Crippen molar-refractivity contribution in [3.05, 3.63) is 0 Å². The van der Waals surface area contributed by atoms with Crippen LogP contribution in [0.1, 0.15) is 46.5 Å². The molecule has 0 spiro atoms. The van der Waals surface area contributed by atoms with Gasteiger partial charge in [0.2, 0.25) is 0 Å². The van der Waals surface area contributed by atoms with Crippen molar-refractivity contribution in [2.45, 2.75) is 63.5 Å². The van der Waals surface area contributed by atoms with Crippen LogP contribution in [0.5, 0.6) is 0 Å². The van der Waals surface area contributed by atoms with E-state index in [1.165, 1.54) is 0 Å². The number of hydrogen-bond acceptors (Lipinski definition) is 2. The molecule has 2 aliphatic rings. The van der Waals surface area contributed by atoms with Crippen LogP contribution >= 0.6 is 0 Å². The third-order valence-corrected chi connectivity index (χ3v) is 4.22. The third-order valence-electron chi connectivity index (χ3n) is 4.22. The molecule has 1 aliphatic carbocycles. The van der Waals surface area contributed by atoms with Gasteiger partial charge in [0.15, 0.2) is 0 Å². The summed E-state index contributed by atoms with van der Waals surface area (Å²) in [6.07, 6.45) is 1.49. The van der Waals surface area contributed by atoms with Gasteiger partial charge < -0.3 is 5.11 Å². The first kappa shape index (κ1) is 13.2. The van der Waals surface area contributed by atoms with E-state index in [1.807, 2.05) is 0 Å². The quantitative estimate of drug-likeness (QED) is 0.811. The minimum Gasteiger partial charge on any atom is -0.390 e. The van der Waals surface area contributed by atoms with Gasteiger partial charge in [0, 0.05) is 31.0 Å². The summed E-state index contributed by atoms with van der Waals surface area (Å²) in [6.45, 7) is 8.04. The molecule has 0 radical (unpaired) electrons. The van der Waals surface area contributed by atoms with E-state index in [0.717, 1.165) is 13.1 Å². The van der Waals surface area contributed by atoms with E-state index in [4.69, 9.17) is 0 Å². The number of likely N-dealkylation sites (tertiary alicyclic amines) is 1. The first-order chi connectivity index (χ1) is 7.62. The predicted molar refractivity (Wildman–Crippen MR) is 63.2 cm³/mol. The molecular weight excluding hydrogens is 224 g/mol. The van der Waals surface area contributed by atoms with E-state index in [-0.39, 0.29) is 18.4 Å². The first-order valence-electron chi connectivity index (χ1n) is 6.48. The van der Waals surface area contributed by atoms with E-state index in [0.29, 0.717) is 12.8 Å². The Morgan fingerprint density at radius 2 is 1.71 bits per heavy atom. The zero-order valence-electron chi connectivity index (χ0n) is 11.0. The highest BCUT2D eigenvalue weighted by molar-refractivity contribution is 5.01. The van der Waals surface area contributed by atoms with Crippen molar-refractivity contribution < 1.29 is 13.9 Å². The molecule has 1 saturated carbocycles. The molecule has 1 heterocycles. The largest absolute Gasteiger partial charge is 0.390 e. The molecule has 2 rings (SSSR count). The second-order valence-electron chi connectivity index (χ2n) is 6.75. The fraction of sp³-hybridized carbons (Fsp3) is 1.00. The van der Waals surface area contributed by atoms with Crippen molar-refractivity contribution in [3.63, 3.8) is 0 Å². The lowest BCUT2D eigenvalue weighted by molar-refractivity contribution is -0.0573. The van der Waals surface area contributed by atoms with Crippen molar-refractivity contribution in [1.29, 1.82) is 0 Å². The molecule has 17 heavy (non-hydrogen) atoms. The topological polar surface area (TPSA) is 23.5 Å². The molecule has 1 N–H and O–H groups in total. The standard InChI is InChI=1S/C13H23F2NO/c1-11(2,3)16-6-4-12(17,5-7-16)8-10-9-13(10,14)15/h10,17H,4-9H2,1-3H3. The summed E-state index contributed by atoms with van der Waals surface area (Å²) in [7, 11) is 0. The van der Waals surface area contributed by atoms with Crippen LogP contribution in [-0.2, 0) is 0 Å². The van der Waals surface area contributed by atoms with Crippen LogP contribution in [0.2, 0.25) is 0 Å². The molecule has 0 bridgehead atoms. The van der Waals surface area contributed by atoms with Gasteiger partial charge in [0.25, 0.3) is 5.92 Å². The molecule has 1 unspecified atom stereocenters. The Morgan fingerprint density at radius 1 is 1.24 bits per heavy atom. The monoisotopic (exact) mass is 247 g/mol. The lowest BCUT2D eigenvalue weighted by Crippen LogP contribution is -2.51. The lowest BCUT2D eigenvalue weighted by Gasteiger charge is -2.44. The van der Waals surface area contributed by atoms with Gasteiger partial charge in [-0.05, 0) is 40.0 Å². The lowest BCUT2D eigenvalue weighted by atomic mass is 9.84. The highest BCUT2D eigenvalue weighted by atomic mass is 19.3. The molecule has 0 aromatic carbocycles. The molecule has 1 aliphatic heterocycles. The summed E-state index contributed by atoms with van der Waals surface area (Å²) in [5.74, 6) is -3.08. The number of piperidine rings is 1. The van der Waals surface area contributed by atoms with Crippen molar-refractivity contribution in [2.24, 2.45) is 5.92 Å². The van der Waals surface area contributed by atoms with Crippen LogP contribution in [0.25, 0.3) is 0 Å². The SMILES string of the molecule is CC(C)(C)N1CCC(O)(CC2CC2(F)F)CC1. The van der Waals surface area contributed by atoms with Crippen LogP contribution in [0.15, 0.2) is 0 Å². The highest BCUT2D eigenvalue weighted by Crippen LogP contribution is 2.53. The maximum absolute atomic E-state index is 12.9. The number of alkyl halides is 2. The van der Waals surface area contributed by atoms with Gasteiger partial charge in [-0.1, -0.05) is 0 Å². The minimum absolute atomic E-state index is 0.0295. The van der Waals surface area contributed by atoms with Gasteiger partial charge in [-0.25, -0.2) is 8.78 Å². The van der Waals surface area contributed by atoms with Crippen LogP contribution in [0.4, 0.5) is 8.78 Å². The Labute approximate surface area is 102 Å². The average molecular weight is 247 g/mol. The second-order valence-corrected chi connectivity index (χ2v) is 6.75. The summed E-state index contributed by atoms with van der Waals surface area (Å²) >= 11 is 0. The predicted octanol–water partition coefficient (Wildman–Crippen LogP) is 2.66. The highest BCUT2D eigenvalue weighted by Gasteiger charge is 2.59. The summed E-state index contributed by atoms with van der Waals surface area (Å²) in [5.41, 5.74) is -0.753. The normalized spacial score (nSPS) is 32.5. The zero-order valence-corrected chi connectivity index (χ0v) is 11.0. The maximum atomic E-state index is 12.9. The van der Waals surface area contributed by atoms with Crippen molar-refractivity contribution >= 4 is 0 Å². The Bertz CT molecular complexity index is 290. The maximum Gasteiger partial charge on any atom is 0.251 e. The van der Waals surface area contributed by atoms with E-state index < -0.39 is 17.4 Å². The second kappa shape index (κ2) is 3.89. The Morgan fingerprint density at radius 3 is 2.06 bits per heavy atom. The number of halogens is 2. The molecule has 2 nitrogen and oxygen atoms in total. The number of aliphatic hydroxyl groups is 1. The van der Waals surface area contributed by atoms with E-state index >= 15 is 0 Å². The Kier molecular flexibility index (Phi) is 3.02. The van der Waals surface area contributed by atoms with E-state index in [2.05, 4.69) is 25.7 Å². The number of rotatable bonds is 2. The Hall–Kier alpha value is -0.220. The minimum atomic E-state index is -2.50. The fourth-order valence-corrected chi connectivity index (χ4v) is 2.75. The van der Waals surface area contributed by atoms with Crippen molar-refractivity contribution in [1.82, 2.24) is 4.90 Å². The first-order valence-corrected chi connectivity index (χ1v) is 6.48. The van der Waals surface area contributed by atoms with Gasteiger partial charge in [-0.3, -0.25) is 4.90 Å². The molecule has 0 aromatic heterocycles.